The highest BCUT2D eigenvalue weighted by atomic mass is 16.5. The number of carbonyl (C=O) groups is 2. The molecule has 8 nitrogen and oxygen atoms in total. The Morgan fingerprint density at radius 1 is 1.07 bits per heavy atom. The molecule has 2 rings (SSSR count). The molecule has 0 saturated heterocycles. The monoisotopic (exact) mass is 374 g/mol. The fourth-order valence-corrected chi connectivity index (χ4v) is 2.51. The number of aromatic nitrogens is 2. The minimum absolute atomic E-state index is 0.283. The van der Waals surface area contributed by atoms with Crippen LogP contribution in [0.5, 0.6) is 11.5 Å². The van der Waals surface area contributed by atoms with E-state index in [2.05, 4.69) is 15.7 Å². The summed E-state index contributed by atoms with van der Waals surface area (Å²) in [6.07, 6.45) is 2.27. The molecule has 0 unspecified atom stereocenters. The Labute approximate surface area is 158 Å². The Hall–Kier alpha value is -3.03. The number of carbonyl (C=O) groups excluding carboxylic acids is 2. The van der Waals surface area contributed by atoms with Crippen LogP contribution in [0.2, 0.25) is 0 Å². The summed E-state index contributed by atoms with van der Waals surface area (Å²) in [4.78, 5) is 25.0. The maximum absolute atomic E-state index is 12.7. The minimum atomic E-state index is -0.364. The number of ether oxygens (including phenoxy) is 2. The van der Waals surface area contributed by atoms with Crippen molar-refractivity contribution in [1.82, 2.24) is 15.1 Å². The molecule has 1 heterocycles. The molecule has 0 radical (unpaired) electrons. The van der Waals surface area contributed by atoms with E-state index in [4.69, 9.17) is 9.47 Å². The maximum Gasteiger partial charge on any atom is 0.271 e. The van der Waals surface area contributed by atoms with Crippen LogP contribution in [0.15, 0.2) is 24.4 Å². The Bertz CT molecular complexity index is 801. The van der Waals surface area contributed by atoms with Crippen molar-refractivity contribution in [2.45, 2.75) is 27.2 Å². The van der Waals surface area contributed by atoms with Gasteiger partial charge in [0.2, 0.25) is 0 Å². The van der Waals surface area contributed by atoms with Gasteiger partial charge in [-0.25, -0.2) is 0 Å². The van der Waals surface area contributed by atoms with Gasteiger partial charge >= 0.3 is 0 Å². The van der Waals surface area contributed by atoms with Crippen LogP contribution in [-0.2, 0) is 7.05 Å². The summed E-state index contributed by atoms with van der Waals surface area (Å²) in [6.45, 7) is 7.21. The maximum atomic E-state index is 12.7. The van der Waals surface area contributed by atoms with Gasteiger partial charge < -0.3 is 20.1 Å². The second kappa shape index (κ2) is 9.61. The van der Waals surface area contributed by atoms with E-state index < -0.39 is 0 Å². The van der Waals surface area contributed by atoms with Crippen molar-refractivity contribution in [3.05, 3.63) is 35.7 Å². The molecule has 1 aromatic heterocycles. The molecule has 2 aromatic rings. The second-order valence-electron chi connectivity index (χ2n) is 5.77. The summed E-state index contributed by atoms with van der Waals surface area (Å²) in [5, 5.41) is 9.61. The van der Waals surface area contributed by atoms with Crippen molar-refractivity contribution in [2.75, 3.05) is 25.1 Å². The van der Waals surface area contributed by atoms with Gasteiger partial charge in [-0.2, -0.15) is 5.10 Å². The smallest absolute Gasteiger partial charge is 0.271 e. The number of rotatable bonds is 9. The number of nitrogens with one attached hydrogen (secondary N) is 2. The van der Waals surface area contributed by atoms with E-state index in [1.807, 2.05) is 20.8 Å². The van der Waals surface area contributed by atoms with Crippen LogP contribution in [0.1, 0.15) is 48.0 Å². The molecule has 0 saturated carbocycles. The van der Waals surface area contributed by atoms with E-state index in [0.29, 0.717) is 48.2 Å². The van der Waals surface area contributed by atoms with E-state index in [9.17, 15) is 9.59 Å². The largest absolute Gasteiger partial charge is 0.490 e. The quantitative estimate of drug-likeness (QED) is 0.704. The summed E-state index contributed by atoms with van der Waals surface area (Å²) >= 11 is 0. The standard InChI is InChI=1S/C19H26N4O4/c1-5-10-20-19(25)17-14(12-21-23(17)4)22-18(24)13-8-9-15(26-6-2)16(11-13)27-7-3/h8-9,11-12H,5-7,10H2,1-4H3,(H,20,25)(H,22,24). The molecule has 8 heteroatoms. The molecule has 0 atom stereocenters. The van der Waals surface area contributed by atoms with Gasteiger partial charge in [0, 0.05) is 19.2 Å². The zero-order chi connectivity index (χ0) is 19.8. The van der Waals surface area contributed by atoms with Crippen molar-refractivity contribution in [1.29, 1.82) is 0 Å². The van der Waals surface area contributed by atoms with Crippen molar-refractivity contribution in [3.63, 3.8) is 0 Å². The summed E-state index contributed by atoms with van der Waals surface area (Å²) in [7, 11) is 1.65. The van der Waals surface area contributed by atoms with Gasteiger partial charge in [-0.1, -0.05) is 6.92 Å². The Morgan fingerprint density at radius 2 is 1.78 bits per heavy atom. The first kappa shape index (κ1) is 20.3. The topological polar surface area (TPSA) is 94.5 Å². The number of anilines is 1. The van der Waals surface area contributed by atoms with Crippen LogP contribution < -0.4 is 20.1 Å². The van der Waals surface area contributed by atoms with E-state index >= 15 is 0 Å². The zero-order valence-corrected chi connectivity index (χ0v) is 16.2. The van der Waals surface area contributed by atoms with Crippen LogP contribution in [0.3, 0.4) is 0 Å². The van der Waals surface area contributed by atoms with Gasteiger partial charge in [0.25, 0.3) is 11.8 Å². The average Bonchev–Trinajstić information content (AvgIpc) is 3.01. The number of amides is 2. The Morgan fingerprint density at radius 3 is 2.44 bits per heavy atom. The number of hydrogen-bond acceptors (Lipinski definition) is 5. The molecule has 0 aliphatic rings. The van der Waals surface area contributed by atoms with Gasteiger partial charge in [0.15, 0.2) is 11.5 Å². The van der Waals surface area contributed by atoms with E-state index in [-0.39, 0.29) is 11.8 Å². The molecule has 0 spiro atoms. The molecule has 27 heavy (non-hydrogen) atoms. The van der Waals surface area contributed by atoms with Crippen LogP contribution in [0, 0.1) is 0 Å². The third kappa shape index (κ3) is 4.99. The van der Waals surface area contributed by atoms with Gasteiger partial charge in [-0.05, 0) is 38.5 Å². The molecule has 0 fully saturated rings. The fourth-order valence-electron chi connectivity index (χ4n) is 2.51. The highest BCUT2D eigenvalue weighted by Crippen LogP contribution is 2.29. The van der Waals surface area contributed by atoms with E-state index in [0.717, 1.165) is 6.42 Å². The van der Waals surface area contributed by atoms with Gasteiger partial charge in [0.1, 0.15) is 5.69 Å². The van der Waals surface area contributed by atoms with Crippen LogP contribution in [0.4, 0.5) is 5.69 Å². The molecule has 0 aliphatic heterocycles. The molecule has 0 bridgehead atoms. The predicted octanol–water partition coefficient (Wildman–Crippen LogP) is 2.61. The second-order valence-corrected chi connectivity index (χ2v) is 5.77. The van der Waals surface area contributed by atoms with Crippen molar-refractivity contribution in [2.24, 2.45) is 7.05 Å². The lowest BCUT2D eigenvalue weighted by atomic mass is 10.2. The van der Waals surface area contributed by atoms with Gasteiger partial charge in [-0.15, -0.1) is 0 Å². The van der Waals surface area contributed by atoms with Crippen molar-refractivity contribution >= 4 is 17.5 Å². The lowest BCUT2D eigenvalue weighted by molar-refractivity contribution is 0.0945. The predicted molar refractivity (Wildman–Crippen MR) is 103 cm³/mol. The van der Waals surface area contributed by atoms with Gasteiger partial charge in [-0.3, -0.25) is 14.3 Å². The lowest BCUT2D eigenvalue weighted by Crippen LogP contribution is -2.27. The van der Waals surface area contributed by atoms with Crippen LogP contribution in [0.25, 0.3) is 0 Å². The minimum Gasteiger partial charge on any atom is -0.490 e. The molecule has 2 N–H and O–H groups in total. The van der Waals surface area contributed by atoms with Crippen molar-refractivity contribution in [3.8, 4) is 11.5 Å². The molecular formula is C19H26N4O4. The van der Waals surface area contributed by atoms with Crippen LogP contribution >= 0.6 is 0 Å². The van der Waals surface area contributed by atoms with E-state index in [1.165, 1.54) is 10.9 Å². The van der Waals surface area contributed by atoms with Crippen LogP contribution in [-0.4, -0.2) is 41.4 Å². The average molecular weight is 374 g/mol. The first-order chi connectivity index (χ1) is 13.0. The SMILES string of the molecule is CCCNC(=O)c1c(NC(=O)c2ccc(OCC)c(OCC)c2)cnn1C. The molecular weight excluding hydrogens is 348 g/mol. The Kier molecular flexibility index (Phi) is 7.22. The molecule has 0 aliphatic carbocycles. The fraction of sp³-hybridized carbons (Fsp3) is 0.421. The molecule has 1 aromatic carbocycles. The Balaban J connectivity index is 2.22. The van der Waals surface area contributed by atoms with E-state index in [1.54, 1.807) is 25.2 Å². The third-order valence-corrected chi connectivity index (χ3v) is 3.74. The first-order valence-electron chi connectivity index (χ1n) is 9.02. The zero-order valence-electron chi connectivity index (χ0n) is 16.2. The number of nitrogens with zero attached hydrogens (tertiary/aromatic N) is 2. The number of hydrogen-bond donors (Lipinski definition) is 2. The summed E-state index contributed by atoms with van der Waals surface area (Å²) < 4.78 is 12.5. The third-order valence-electron chi connectivity index (χ3n) is 3.74. The molecule has 146 valence electrons. The normalized spacial score (nSPS) is 10.4. The van der Waals surface area contributed by atoms with Crippen molar-refractivity contribution < 1.29 is 19.1 Å². The number of aryl methyl sites for hydroxylation is 1. The highest BCUT2D eigenvalue weighted by molar-refractivity contribution is 6.08. The first-order valence-corrected chi connectivity index (χ1v) is 9.02. The molecule has 2 amide bonds. The highest BCUT2D eigenvalue weighted by Gasteiger charge is 2.19. The summed E-state index contributed by atoms with van der Waals surface area (Å²) in [5.74, 6) is 0.432. The van der Waals surface area contributed by atoms with Gasteiger partial charge in [0.05, 0.1) is 25.1 Å². The summed E-state index contributed by atoms with van der Waals surface area (Å²) in [6, 6.07) is 4.97. The number of benzene rings is 1. The summed E-state index contributed by atoms with van der Waals surface area (Å²) in [5.41, 5.74) is 1.04. The lowest BCUT2D eigenvalue weighted by Gasteiger charge is -2.13.